The molecular formula is C13H17NO3S. The normalized spacial score (nSPS) is 32.0. The first kappa shape index (κ1) is 12.1. The number of hydrogen-bond acceptors (Lipinski definition) is 3. The Morgan fingerprint density at radius 2 is 1.89 bits per heavy atom. The number of nitrogens with zero attached hydrogens (tertiary/aromatic N) is 1. The van der Waals surface area contributed by atoms with E-state index >= 15 is 0 Å². The third kappa shape index (κ3) is 1.77. The average molecular weight is 267 g/mol. The molecule has 0 amide bonds. The summed E-state index contributed by atoms with van der Waals surface area (Å²) < 4.78 is 26.3. The van der Waals surface area contributed by atoms with Crippen LogP contribution in [-0.2, 0) is 10.0 Å². The van der Waals surface area contributed by atoms with E-state index in [1.807, 2.05) is 19.1 Å². The molecule has 0 spiro atoms. The van der Waals surface area contributed by atoms with Gasteiger partial charge in [0.1, 0.15) is 0 Å². The monoisotopic (exact) mass is 267 g/mol. The van der Waals surface area contributed by atoms with E-state index in [2.05, 4.69) is 0 Å². The van der Waals surface area contributed by atoms with Crippen LogP contribution in [0.1, 0.15) is 12.0 Å². The summed E-state index contributed by atoms with van der Waals surface area (Å²) in [5.74, 6) is 0.491. The van der Waals surface area contributed by atoms with E-state index in [0.717, 1.165) is 12.0 Å². The van der Waals surface area contributed by atoms with Gasteiger partial charge in [0.15, 0.2) is 0 Å². The van der Waals surface area contributed by atoms with Crippen LogP contribution in [0.4, 0.5) is 0 Å². The molecule has 0 bridgehead atoms. The summed E-state index contributed by atoms with van der Waals surface area (Å²) in [7, 11) is -3.38. The number of fused-ring (bicyclic) bond motifs is 1. The molecule has 1 aliphatic heterocycles. The molecule has 0 unspecified atom stereocenters. The van der Waals surface area contributed by atoms with Crippen LogP contribution in [0.25, 0.3) is 0 Å². The fraction of sp³-hybridized carbons (Fsp3) is 0.538. The van der Waals surface area contributed by atoms with Crippen molar-refractivity contribution in [3.63, 3.8) is 0 Å². The predicted molar refractivity (Wildman–Crippen MR) is 67.5 cm³/mol. The lowest BCUT2D eigenvalue weighted by Gasteiger charge is -2.34. The molecule has 1 saturated heterocycles. The number of hydrogen-bond donors (Lipinski definition) is 1. The second-order valence-electron chi connectivity index (χ2n) is 5.36. The van der Waals surface area contributed by atoms with Gasteiger partial charge in [-0.2, -0.15) is 4.31 Å². The quantitative estimate of drug-likeness (QED) is 0.869. The summed E-state index contributed by atoms with van der Waals surface area (Å²) in [5.41, 5.74) is 1.05. The van der Waals surface area contributed by atoms with E-state index < -0.39 is 10.0 Å². The van der Waals surface area contributed by atoms with Gasteiger partial charge in [-0.15, -0.1) is 0 Å². The van der Waals surface area contributed by atoms with Crippen LogP contribution < -0.4 is 0 Å². The number of rotatable bonds is 2. The summed E-state index contributed by atoms with van der Waals surface area (Å²) >= 11 is 0. The smallest absolute Gasteiger partial charge is 0.243 e. The van der Waals surface area contributed by atoms with Gasteiger partial charge in [0.05, 0.1) is 11.0 Å². The lowest BCUT2D eigenvalue weighted by atomic mass is 9.74. The molecule has 1 N–H and O–H groups in total. The highest BCUT2D eigenvalue weighted by atomic mass is 32.2. The van der Waals surface area contributed by atoms with Gasteiger partial charge in [-0.05, 0) is 31.4 Å². The first-order chi connectivity index (χ1) is 8.48. The van der Waals surface area contributed by atoms with Crippen LogP contribution in [0, 0.1) is 18.8 Å². The van der Waals surface area contributed by atoms with E-state index in [1.54, 1.807) is 12.1 Å². The van der Waals surface area contributed by atoms with E-state index in [0.29, 0.717) is 23.9 Å². The number of aliphatic hydroxyl groups is 1. The van der Waals surface area contributed by atoms with Gasteiger partial charge in [0.25, 0.3) is 0 Å². The van der Waals surface area contributed by atoms with Crippen molar-refractivity contribution in [2.45, 2.75) is 24.3 Å². The fourth-order valence-corrected chi connectivity index (χ4v) is 4.42. The minimum Gasteiger partial charge on any atom is -0.393 e. The predicted octanol–water partition coefficient (Wildman–Crippen LogP) is 0.996. The second kappa shape index (κ2) is 4.05. The maximum atomic E-state index is 12.4. The molecule has 3 atom stereocenters. The zero-order valence-electron chi connectivity index (χ0n) is 10.3. The largest absolute Gasteiger partial charge is 0.393 e. The molecule has 1 saturated carbocycles. The Bertz CT molecular complexity index is 552. The molecule has 4 nitrogen and oxygen atoms in total. The maximum absolute atomic E-state index is 12.4. The molecule has 0 radical (unpaired) electrons. The Balaban J connectivity index is 1.85. The second-order valence-corrected chi connectivity index (χ2v) is 7.30. The molecule has 3 rings (SSSR count). The lowest BCUT2D eigenvalue weighted by molar-refractivity contribution is -0.00416. The van der Waals surface area contributed by atoms with Crippen molar-refractivity contribution in [2.75, 3.05) is 13.1 Å². The van der Waals surface area contributed by atoms with Crippen LogP contribution >= 0.6 is 0 Å². The van der Waals surface area contributed by atoms with Crippen molar-refractivity contribution in [1.29, 1.82) is 0 Å². The molecule has 1 heterocycles. The Labute approximate surface area is 107 Å². The number of aliphatic hydroxyl groups excluding tert-OH is 1. The highest BCUT2D eigenvalue weighted by molar-refractivity contribution is 7.89. The van der Waals surface area contributed by atoms with Crippen molar-refractivity contribution in [1.82, 2.24) is 4.31 Å². The minimum absolute atomic E-state index is 0.144. The van der Waals surface area contributed by atoms with Crippen molar-refractivity contribution in [3.05, 3.63) is 29.8 Å². The van der Waals surface area contributed by atoms with Gasteiger partial charge in [-0.3, -0.25) is 0 Å². The van der Waals surface area contributed by atoms with Crippen molar-refractivity contribution < 1.29 is 13.5 Å². The lowest BCUT2D eigenvalue weighted by Crippen LogP contribution is -2.39. The number of benzene rings is 1. The number of sulfonamides is 1. The van der Waals surface area contributed by atoms with Gasteiger partial charge in [0, 0.05) is 19.0 Å². The Kier molecular flexibility index (Phi) is 2.73. The van der Waals surface area contributed by atoms with Crippen molar-refractivity contribution >= 4 is 10.0 Å². The molecule has 0 aromatic heterocycles. The molecule has 18 heavy (non-hydrogen) atoms. The maximum Gasteiger partial charge on any atom is 0.243 e. The van der Waals surface area contributed by atoms with E-state index in [1.165, 1.54) is 4.31 Å². The van der Waals surface area contributed by atoms with Gasteiger partial charge in [-0.1, -0.05) is 17.7 Å². The zero-order chi connectivity index (χ0) is 12.9. The Morgan fingerprint density at radius 3 is 2.44 bits per heavy atom. The molecule has 1 aromatic rings. The van der Waals surface area contributed by atoms with Crippen LogP contribution in [0.15, 0.2) is 29.2 Å². The third-order valence-electron chi connectivity index (χ3n) is 4.16. The molecule has 98 valence electrons. The van der Waals surface area contributed by atoms with E-state index in [-0.39, 0.29) is 12.0 Å². The number of aryl methyl sites for hydroxylation is 1. The molecule has 2 fully saturated rings. The Morgan fingerprint density at radius 1 is 1.22 bits per heavy atom. The first-order valence-corrected chi connectivity index (χ1v) is 7.67. The van der Waals surface area contributed by atoms with E-state index in [9.17, 15) is 13.5 Å². The Hall–Kier alpha value is -0.910. The molecule has 5 heteroatoms. The summed E-state index contributed by atoms with van der Waals surface area (Å²) in [6, 6.07) is 6.93. The zero-order valence-corrected chi connectivity index (χ0v) is 11.1. The minimum atomic E-state index is -3.38. The summed E-state index contributed by atoms with van der Waals surface area (Å²) in [6.45, 7) is 2.95. The topological polar surface area (TPSA) is 57.6 Å². The molecular weight excluding hydrogens is 250 g/mol. The van der Waals surface area contributed by atoms with Crippen LogP contribution in [0.5, 0.6) is 0 Å². The summed E-state index contributed by atoms with van der Waals surface area (Å²) in [5, 5.41) is 9.59. The van der Waals surface area contributed by atoms with Crippen LogP contribution in [-0.4, -0.2) is 37.0 Å². The molecule has 1 aliphatic carbocycles. The van der Waals surface area contributed by atoms with Crippen LogP contribution in [0.2, 0.25) is 0 Å². The third-order valence-corrected chi connectivity index (χ3v) is 6.00. The van der Waals surface area contributed by atoms with Gasteiger partial charge >= 0.3 is 0 Å². The highest BCUT2D eigenvalue weighted by Crippen LogP contribution is 2.42. The van der Waals surface area contributed by atoms with Gasteiger partial charge < -0.3 is 5.11 Å². The fourth-order valence-electron chi connectivity index (χ4n) is 2.89. The highest BCUT2D eigenvalue weighted by Gasteiger charge is 2.49. The first-order valence-electron chi connectivity index (χ1n) is 6.23. The molecule has 2 aliphatic rings. The van der Waals surface area contributed by atoms with Gasteiger partial charge in [-0.25, -0.2) is 8.42 Å². The standard InChI is InChI=1S/C13H17NO3S/c1-9-2-4-11(5-3-9)18(16,17)14-7-10-6-13(15)12(10)8-14/h2-5,10,12-13,15H,6-8H2,1H3/t10-,12+,13-/m0/s1. The summed E-state index contributed by atoms with van der Waals surface area (Å²) in [6.07, 6.45) is 0.429. The van der Waals surface area contributed by atoms with E-state index in [4.69, 9.17) is 0 Å². The molecule has 1 aromatic carbocycles. The van der Waals surface area contributed by atoms with Gasteiger partial charge in [0.2, 0.25) is 10.0 Å². The van der Waals surface area contributed by atoms with Crippen molar-refractivity contribution in [3.8, 4) is 0 Å². The van der Waals surface area contributed by atoms with Crippen molar-refractivity contribution in [2.24, 2.45) is 11.8 Å². The average Bonchev–Trinajstić information content (AvgIpc) is 2.67. The summed E-state index contributed by atoms with van der Waals surface area (Å²) in [4.78, 5) is 0.351. The van der Waals surface area contributed by atoms with Crippen LogP contribution in [0.3, 0.4) is 0 Å². The SMILES string of the molecule is Cc1ccc(S(=O)(=O)N2C[C@@H]3C[C@H](O)[C@@H]3C2)cc1.